The summed E-state index contributed by atoms with van der Waals surface area (Å²) in [6.45, 7) is 7.96. The lowest BCUT2D eigenvalue weighted by molar-refractivity contribution is 0.115. The Hall–Kier alpha value is -1.29. The van der Waals surface area contributed by atoms with Gasteiger partial charge in [0, 0.05) is 26.2 Å². The predicted molar refractivity (Wildman–Crippen MR) is 75.3 cm³/mol. The average Bonchev–Trinajstić information content (AvgIpc) is 2.89. The van der Waals surface area contributed by atoms with Crippen molar-refractivity contribution >= 4 is 11.6 Å². The van der Waals surface area contributed by atoms with Crippen molar-refractivity contribution in [3.05, 3.63) is 18.2 Å². The average molecular weight is 249 g/mol. The second-order valence-electron chi connectivity index (χ2n) is 4.59. The molecule has 0 aliphatic carbocycles. The van der Waals surface area contributed by atoms with Crippen LogP contribution in [0.5, 0.6) is 0 Å². The molecular weight excluding hydrogens is 226 g/mol. The Labute approximate surface area is 109 Å². The molecule has 0 aromatic carbocycles. The van der Waals surface area contributed by atoms with Gasteiger partial charge in [0.1, 0.15) is 11.6 Å². The predicted octanol–water partition coefficient (Wildman–Crippen LogP) is 2.52. The summed E-state index contributed by atoms with van der Waals surface area (Å²) in [6, 6.07) is 6.13. The van der Waals surface area contributed by atoms with Crippen molar-refractivity contribution in [2.24, 2.45) is 0 Å². The lowest BCUT2D eigenvalue weighted by Crippen LogP contribution is -2.32. The van der Waals surface area contributed by atoms with Gasteiger partial charge in [0.15, 0.2) is 0 Å². The third kappa shape index (κ3) is 3.35. The van der Waals surface area contributed by atoms with E-state index >= 15 is 0 Å². The smallest absolute Gasteiger partial charge is 0.131 e. The lowest BCUT2D eigenvalue weighted by atomic mass is 10.2. The van der Waals surface area contributed by atoms with Gasteiger partial charge >= 0.3 is 0 Å². The van der Waals surface area contributed by atoms with Crippen LogP contribution in [0.2, 0.25) is 0 Å². The quantitative estimate of drug-likeness (QED) is 0.840. The van der Waals surface area contributed by atoms with Crippen LogP contribution < -0.4 is 10.2 Å². The van der Waals surface area contributed by atoms with Crippen molar-refractivity contribution in [1.82, 2.24) is 4.98 Å². The van der Waals surface area contributed by atoms with Crippen molar-refractivity contribution < 1.29 is 4.74 Å². The topological polar surface area (TPSA) is 37.4 Å². The van der Waals surface area contributed by atoms with E-state index in [1.807, 2.05) is 6.07 Å². The maximum atomic E-state index is 5.70. The Morgan fingerprint density at radius 1 is 1.44 bits per heavy atom. The summed E-state index contributed by atoms with van der Waals surface area (Å²) in [6.07, 6.45) is 2.73. The highest BCUT2D eigenvalue weighted by molar-refractivity contribution is 5.47. The highest BCUT2D eigenvalue weighted by atomic mass is 16.5. The molecule has 1 aromatic rings. The molecular formula is C14H23N3O. The molecule has 4 nitrogen and oxygen atoms in total. The fourth-order valence-electron chi connectivity index (χ4n) is 2.30. The minimum Gasteiger partial charge on any atom is -0.376 e. The summed E-state index contributed by atoms with van der Waals surface area (Å²) >= 11 is 0. The van der Waals surface area contributed by atoms with Crippen LogP contribution in [-0.2, 0) is 4.74 Å². The zero-order valence-corrected chi connectivity index (χ0v) is 11.4. The number of aromatic nitrogens is 1. The molecule has 0 bridgehead atoms. The lowest BCUT2D eigenvalue weighted by Gasteiger charge is -2.25. The number of rotatable bonds is 6. The first kappa shape index (κ1) is 13.1. The molecule has 1 saturated heterocycles. The van der Waals surface area contributed by atoms with E-state index in [2.05, 4.69) is 41.2 Å². The van der Waals surface area contributed by atoms with E-state index in [0.717, 1.165) is 37.9 Å². The number of hydrogen-bond acceptors (Lipinski definition) is 4. The zero-order chi connectivity index (χ0) is 12.8. The molecule has 18 heavy (non-hydrogen) atoms. The van der Waals surface area contributed by atoms with E-state index in [4.69, 9.17) is 4.74 Å². The van der Waals surface area contributed by atoms with Gasteiger partial charge in [-0.25, -0.2) is 4.98 Å². The number of likely N-dealkylation sites (N-methyl/N-ethyl adjacent to an activating group) is 1. The van der Waals surface area contributed by atoms with Crippen LogP contribution in [0.25, 0.3) is 0 Å². The van der Waals surface area contributed by atoms with Gasteiger partial charge in [0.25, 0.3) is 0 Å². The van der Waals surface area contributed by atoms with Crippen LogP contribution in [0.3, 0.4) is 0 Å². The second-order valence-corrected chi connectivity index (χ2v) is 4.59. The van der Waals surface area contributed by atoms with Gasteiger partial charge < -0.3 is 15.0 Å². The summed E-state index contributed by atoms with van der Waals surface area (Å²) in [5.74, 6) is 1.98. The molecule has 1 N–H and O–H groups in total. The fraction of sp³-hybridized carbons (Fsp3) is 0.643. The molecule has 0 amide bonds. The van der Waals surface area contributed by atoms with Crippen LogP contribution in [-0.4, -0.2) is 37.3 Å². The maximum absolute atomic E-state index is 5.70. The van der Waals surface area contributed by atoms with Crippen molar-refractivity contribution in [3.8, 4) is 0 Å². The Kier molecular flexibility index (Phi) is 4.81. The molecule has 1 atom stereocenters. The Morgan fingerprint density at radius 2 is 2.33 bits per heavy atom. The highest BCUT2D eigenvalue weighted by Gasteiger charge is 2.19. The minimum absolute atomic E-state index is 0.370. The third-order valence-corrected chi connectivity index (χ3v) is 3.25. The number of anilines is 2. The third-order valence-electron chi connectivity index (χ3n) is 3.25. The molecule has 0 saturated carbocycles. The number of pyridine rings is 1. The van der Waals surface area contributed by atoms with Gasteiger partial charge in [-0.05, 0) is 38.8 Å². The standard InChI is InChI=1S/C14H23N3O/c1-3-15-13-8-5-9-14(16-13)17(4-2)11-12-7-6-10-18-12/h5,8-9,12H,3-4,6-7,10-11H2,1-2H3,(H,15,16). The summed E-state index contributed by atoms with van der Waals surface area (Å²) in [7, 11) is 0. The Bertz CT molecular complexity index is 364. The van der Waals surface area contributed by atoms with E-state index in [1.54, 1.807) is 0 Å². The van der Waals surface area contributed by atoms with Gasteiger partial charge in [0.2, 0.25) is 0 Å². The van der Waals surface area contributed by atoms with Crippen LogP contribution in [0.15, 0.2) is 18.2 Å². The normalized spacial score (nSPS) is 18.9. The van der Waals surface area contributed by atoms with Gasteiger partial charge in [-0.2, -0.15) is 0 Å². The number of hydrogen-bond donors (Lipinski definition) is 1. The van der Waals surface area contributed by atoms with E-state index in [1.165, 1.54) is 12.8 Å². The first-order chi connectivity index (χ1) is 8.83. The van der Waals surface area contributed by atoms with E-state index in [-0.39, 0.29) is 0 Å². The van der Waals surface area contributed by atoms with Crippen molar-refractivity contribution in [3.63, 3.8) is 0 Å². The van der Waals surface area contributed by atoms with Gasteiger partial charge in [-0.3, -0.25) is 0 Å². The Morgan fingerprint density at radius 3 is 3.00 bits per heavy atom. The van der Waals surface area contributed by atoms with Crippen LogP contribution in [0.1, 0.15) is 26.7 Å². The molecule has 4 heteroatoms. The first-order valence-corrected chi connectivity index (χ1v) is 6.91. The molecule has 2 heterocycles. The van der Waals surface area contributed by atoms with E-state index < -0.39 is 0 Å². The first-order valence-electron chi connectivity index (χ1n) is 6.91. The molecule has 0 radical (unpaired) electrons. The SMILES string of the molecule is CCNc1cccc(N(CC)CC2CCCO2)n1. The highest BCUT2D eigenvalue weighted by Crippen LogP contribution is 2.18. The van der Waals surface area contributed by atoms with Crippen molar-refractivity contribution in [1.29, 1.82) is 0 Å². The number of ether oxygens (including phenoxy) is 1. The second kappa shape index (κ2) is 6.59. The fourth-order valence-corrected chi connectivity index (χ4v) is 2.30. The number of nitrogens with one attached hydrogen (secondary N) is 1. The van der Waals surface area contributed by atoms with Crippen LogP contribution in [0.4, 0.5) is 11.6 Å². The summed E-state index contributed by atoms with van der Waals surface area (Å²) in [4.78, 5) is 6.92. The van der Waals surface area contributed by atoms with E-state index in [9.17, 15) is 0 Å². The number of nitrogens with zero attached hydrogens (tertiary/aromatic N) is 2. The van der Waals surface area contributed by atoms with Gasteiger partial charge in [0.05, 0.1) is 6.10 Å². The van der Waals surface area contributed by atoms with Crippen molar-refractivity contribution in [2.75, 3.05) is 36.5 Å². The van der Waals surface area contributed by atoms with E-state index in [0.29, 0.717) is 6.10 Å². The van der Waals surface area contributed by atoms with Crippen LogP contribution >= 0.6 is 0 Å². The molecule has 1 unspecified atom stereocenters. The molecule has 1 fully saturated rings. The largest absolute Gasteiger partial charge is 0.376 e. The Balaban J connectivity index is 2.03. The molecule has 1 aliphatic rings. The summed E-state index contributed by atoms with van der Waals surface area (Å²) in [5.41, 5.74) is 0. The summed E-state index contributed by atoms with van der Waals surface area (Å²) in [5, 5.41) is 3.25. The monoisotopic (exact) mass is 249 g/mol. The van der Waals surface area contributed by atoms with Crippen molar-refractivity contribution in [2.45, 2.75) is 32.8 Å². The molecule has 1 aromatic heterocycles. The summed E-state index contributed by atoms with van der Waals surface area (Å²) < 4.78 is 5.70. The molecule has 2 rings (SSSR count). The van der Waals surface area contributed by atoms with Gasteiger partial charge in [-0.15, -0.1) is 0 Å². The minimum atomic E-state index is 0.370. The zero-order valence-electron chi connectivity index (χ0n) is 11.4. The van der Waals surface area contributed by atoms with Crippen LogP contribution in [0, 0.1) is 0 Å². The molecule has 1 aliphatic heterocycles. The molecule has 100 valence electrons. The maximum Gasteiger partial charge on any atom is 0.131 e. The molecule has 0 spiro atoms. The van der Waals surface area contributed by atoms with Gasteiger partial charge in [-0.1, -0.05) is 6.07 Å².